The largest absolute Gasteiger partial charge is 0.595 e. The van der Waals surface area contributed by atoms with Crippen LogP contribution in [0.2, 0.25) is 0 Å². The average Bonchev–Trinajstić information content (AvgIpc) is 2.96. The summed E-state index contributed by atoms with van der Waals surface area (Å²) in [6.07, 6.45) is -0.305. The molecule has 0 amide bonds. The van der Waals surface area contributed by atoms with Gasteiger partial charge in [0.05, 0.1) is 16.1 Å². The summed E-state index contributed by atoms with van der Waals surface area (Å²) in [5, 5.41) is 19.5. The third-order valence-electron chi connectivity index (χ3n) is 4.01. The summed E-state index contributed by atoms with van der Waals surface area (Å²) in [5.74, 6) is -0.734. The molecule has 0 radical (unpaired) electrons. The smallest absolute Gasteiger partial charge is 0.343 e. The summed E-state index contributed by atoms with van der Waals surface area (Å²) >= 11 is 3.32. The third kappa shape index (κ3) is 4.48. The van der Waals surface area contributed by atoms with Crippen LogP contribution in [0.15, 0.2) is 45.3 Å². The molecule has 9 heteroatoms. The van der Waals surface area contributed by atoms with Gasteiger partial charge in [-0.05, 0) is 54.9 Å². The van der Waals surface area contributed by atoms with E-state index in [0.717, 1.165) is 0 Å². The highest BCUT2D eigenvalue weighted by atomic mass is 79.9. The molecule has 0 saturated carbocycles. The molecule has 29 heavy (non-hydrogen) atoms. The molecule has 1 atom stereocenters. The molecular weight excluding hydrogens is 446 g/mol. The predicted octanol–water partition coefficient (Wildman–Crippen LogP) is 3.69. The summed E-state index contributed by atoms with van der Waals surface area (Å²) in [7, 11) is 0. The number of ether oxygens (including phenoxy) is 2. The van der Waals surface area contributed by atoms with Crippen LogP contribution in [0.5, 0.6) is 5.75 Å². The molecule has 152 valence electrons. The molecule has 3 rings (SSSR count). The van der Waals surface area contributed by atoms with Gasteiger partial charge in [0.25, 0.3) is 0 Å². The van der Waals surface area contributed by atoms with Crippen molar-refractivity contribution in [2.24, 2.45) is 0 Å². The number of hydrogen-bond donors (Lipinski definition) is 2. The van der Waals surface area contributed by atoms with Crippen molar-refractivity contribution in [1.82, 2.24) is 0 Å². The van der Waals surface area contributed by atoms with E-state index in [-0.39, 0.29) is 28.7 Å². The molecule has 0 aliphatic heterocycles. The van der Waals surface area contributed by atoms with Gasteiger partial charge in [-0.2, -0.15) is 5.23 Å². The maximum Gasteiger partial charge on any atom is 0.343 e. The molecule has 0 saturated heterocycles. The second kappa shape index (κ2) is 8.34. The quantitative estimate of drug-likeness (QED) is 0.336. The maximum atomic E-state index is 12.5. The van der Waals surface area contributed by atoms with Crippen LogP contribution in [0, 0.1) is 12.1 Å². The lowest BCUT2D eigenvalue weighted by atomic mass is 10.1. The number of fused-ring (bicyclic) bond motifs is 1. The molecule has 0 spiro atoms. The van der Waals surface area contributed by atoms with Crippen LogP contribution in [-0.4, -0.2) is 23.2 Å². The van der Waals surface area contributed by atoms with Gasteiger partial charge < -0.3 is 19.1 Å². The van der Waals surface area contributed by atoms with Crippen molar-refractivity contribution in [2.75, 3.05) is 0 Å². The zero-order valence-corrected chi connectivity index (χ0v) is 17.4. The van der Waals surface area contributed by atoms with Crippen molar-refractivity contribution in [3.63, 3.8) is 0 Å². The Morgan fingerprint density at radius 2 is 1.93 bits per heavy atom. The number of carbonyl (C=O) groups is 2. The molecule has 0 bridgehead atoms. The van der Waals surface area contributed by atoms with Gasteiger partial charge in [0.1, 0.15) is 22.7 Å². The van der Waals surface area contributed by atoms with Crippen molar-refractivity contribution < 1.29 is 33.9 Å². The van der Waals surface area contributed by atoms with Gasteiger partial charge in [-0.3, -0.25) is 0 Å². The number of quaternary nitrogens is 1. The normalized spacial score (nSPS) is 12.2. The van der Waals surface area contributed by atoms with Crippen LogP contribution >= 0.6 is 15.9 Å². The summed E-state index contributed by atoms with van der Waals surface area (Å²) in [6.45, 7) is 5.13. The highest BCUT2D eigenvalue weighted by Gasteiger charge is 2.23. The molecule has 2 N–H and O–H groups in total. The number of esters is 2. The van der Waals surface area contributed by atoms with E-state index < -0.39 is 17.2 Å². The molecular formula is C20H18BrNO7. The molecule has 1 aromatic heterocycles. The highest BCUT2D eigenvalue weighted by Crippen LogP contribution is 2.35. The SMILES string of the molecule is Cc1oc2cc(Br)c(OC(=O)c3cccc([NH+]([O-])O)c3)cc2c1C(=O)OC(C)C. The number of hydrogen-bond acceptors (Lipinski definition) is 7. The average molecular weight is 464 g/mol. The van der Waals surface area contributed by atoms with Gasteiger partial charge >= 0.3 is 11.9 Å². The number of furan rings is 1. The van der Waals surface area contributed by atoms with Crippen LogP contribution in [0.25, 0.3) is 11.0 Å². The fraction of sp³-hybridized carbons (Fsp3) is 0.200. The summed E-state index contributed by atoms with van der Waals surface area (Å²) in [6, 6.07) is 8.61. The van der Waals surface area contributed by atoms with Crippen LogP contribution in [0.4, 0.5) is 5.69 Å². The first-order chi connectivity index (χ1) is 13.7. The Hall–Kier alpha value is -2.72. The summed E-state index contributed by atoms with van der Waals surface area (Å²) < 4.78 is 16.8. The first kappa shape index (κ1) is 21.0. The minimum Gasteiger partial charge on any atom is -0.595 e. The van der Waals surface area contributed by atoms with Gasteiger partial charge in [0.15, 0.2) is 5.69 Å². The van der Waals surface area contributed by atoms with E-state index in [4.69, 9.17) is 19.1 Å². The number of benzene rings is 2. The Labute approximate surface area is 174 Å². The van der Waals surface area contributed by atoms with Crippen LogP contribution in [0.3, 0.4) is 0 Å². The van der Waals surface area contributed by atoms with E-state index in [0.29, 0.717) is 21.2 Å². The van der Waals surface area contributed by atoms with E-state index in [1.807, 2.05) is 0 Å². The Bertz CT molecular complexity index is 1090. The number of halogens is 1. The van der Waals surface area contributed by atoms with Gasteiger partial charge in [-0.1, -0.05) is 6.07 Å². The van der Waals surface area contributed by atoms with Crippen molar-refractivity contribution in [3.8, 4) is 5.75 Å². The van der Waals surface area contributed by atoms with Gasteiger partial charge in [0, 0.05) is 17.5 Å². The maximum absolute atomic E-state index is 12.5. The number of carbonyl (C=O) groups excluding carboxylic acids is 2. The first-order valence-electron chi connectivity index (χ1n) is 8.66. The third-order valence-corrected chi connectivity index (χ3v) is 4.63. The Morgan fingerprint density at radius 3 is 2.59 bits per heavy atom. The summed E-state index contributed by atoms with van der Waals surface area (Å²) in [5.41, 5.74) is 0.738. The Kier molecular flexibility index (Phi) is 6.04. The fourth-order valence-corrected chi connectivity index (χ4v) is 3.17. The molecule has 3 aromatic rings. The van der Waals surface area contributed by atoms with E-state index in [9.17, 15) is 14.8 Å². The van der Waals surface area contributed by atoms with Crippen molar-refractivity contribution in [2.45, 2.75) is 26.9 Å². The van der Waals surface area contributed by atoms with Gasteiger partial charge in [-0.25, -0.2) is 14.8 Å². The van der Waals surface area contributed by atoms with E-state index in [1.54, 1.807) is 26.8 Å². The molecule has 0 aliphatic carbocycles. The van der Waals surface area contributed by atoms with E-state index >= 15 is 0 Å². The van der Waals surface area contributed by atoms with E-state index in [2.05, 4.69) is 15.9 Å². The molecule has 1 heterocycles. The number of rotatable bonds is 5. The molecule has 0 fully saturated rings. The van der Waals surface area contributed by atoms with Gasteiger partial charge in [0.2, 0.25) is 0 Å². The highest BCUT2D eigenvalue weighted by molar-refractivity contribution is 9.10. The first-order valence-corrected chi connectivity index (χ1v) is 9.46. The van der Waals surface area contributed by atoms with Crippen LogP contribution in [-0.2, 0) is 4.74 Å². The number of aryl methyl sites for hydroxylation is 1. The van der Waals surface area contributed by atoms with Crippen molar-refractivity contribution in [3.05, 3.63) is 63.0 Å². The monoisotopic (exact) mass is 463 g/mol. The lowest BCUT2D eigenvalue weighted by Gasteiger charge is -2.12. The molecule has 1 unspecified atom stereocenters. The lowest BCUT2D eigenvalue weighted by molar-refractivity contribution is -0.991. The molecule has 0 aliphatic rings. The van der Waals surface area contributed by atoms with E-state index in [1.165, 1.54) is 30.3 Å². The zero-order valence-electron chi connectivity index (χ0n) is 15.8. The topological polar surface area (TPSA) is 113 Å². The van der Waals surface area contributed by atoms with Crippen LogP contribution in [0.1, 0.15) is 40.3 Å². The minimum absolute atomic E-state index is 0.0295. The summed E-state index contributed by atoms with van der Waals surface area (Å²) in [4.78, 5) is 24.9. The number of nitrogens with one attached hydrogen (secondary N) is 1. The standard InChI is InChI=1S/C20H18BrNO7/c1-10(2)27-20(24)18-11(3)28-16-9-15(21)17(8-14(16)18)29-19(23)12-5-4-6-13(7-12)22(25)26/h4-10,22,25H,1-3H3. The lowest BCUT2D eigenvalue weighted by Crippen LogP contribution is -2.99. The second-order valence-electron chi connectivity index (χ2n) is 6.54. The van der Waals surface area contributed by atoms with Crippen molar-refractivity contribution >= 4 is 44.5 Å². The fourth-order valence-electron chi connectivity index (χ4n) is 2.76. The van der Waals surface area contributed by atoms with Crippen molar-refractivity contribution in [1.29, 1.82) is 0 Å². The van der Waals surface area contributed by atoms with Crippen LogP contribution < -0.4 is 9.96 Å². The van der Waals surface area contributed by atoms with Gasteiger partial charge in [-0.15, -0.1) is 0 Å². The molecule has 2 aromatic carbocycles. The molecule has 8 nitrogen and oxygen atoms in total. The zero-order chi connectivity index (χ0) is 21.3. The Balaban J connectivity index is 1.97. The second-order valence-corrected chi connectivity index (χ2v) is 7.40. The minimum atomic E-state index is -1.15. The predicted molar refractivity (Wildman–Crippen MR) is 106 cm³/mol. The Morgan fingerprint density at radius 1 is 1.21 bits per heavy atom.